The summed E-state index contributed by atoms with van der Waals surface area (Å²) in [4.78, 5) is 25.5. The van der Waals surface area contributed by atoms with Crippen molar-refractivity contribution in [2.45, 2.75) is 6.42 Å². The van der Waals surface area contributed by atoms with Gasteiger partial charge in [0.05, 0.1) is 23.7 Å². The first-order valence-corrected chi connectivity index (χ1v) is 10.9. The second-order valence-corrected chi connectivity index (χ2v) is 8.07. The Morgan fingerprint density at radius 3 is 2.64 bits per heavy atom. The minimum Gasteiger partial charge on any atom is -0.381 e. The zero-order valence-electron chi connectivity index (χ0n) is 18.0. The molecule has 3 aromatic carbocycles. The van der Waals surface area contributed by atoms with E-state index in [0.29, 0.717) is 30.0 Å². The van der Waals surface area contributed by atoms with Crippen molar-refractivity contribution in [1.29, 1.82) is 0 Å². The van der Waals surface area contributed by atoms with Crippen LogP contribution in [-0.2, 0) is 9.53 Å². The Kier molecular flexibility index (Phi) is 5.83. The van der Waals surface area contributed by atoms with Gasteiger partial charge in [0.2, 0.25) is 5.91 Å². The van der Waals surface area contributed by atoms with E-state index in [2.05, 4.69) is 15.5 Å². The van der Waals surface area contributed by atoms with Crippen LogP contribution in [0.1, 0.15) is 33.6 Å². The number of fused-ring (bicyclic) bond motifs is 1. The summed E-state index contributed by atoms with van der Waals surface area (Å²) >= 11 is 0. The molecule has 6 nitrogen and oxygen atoms in total. The number of H-pyrrole nitrogens is 1. The number of hydrogen-bond acceptors (Lipinski definition) is 4. The normalized spacial score (nSPS) is 15.8. The van der Waals surface area contributed by atoms with Crippen LogP contribution in [0.4, 0.5) is 5.69 Å². The van der Waals surface area contributed by atoms with Crippen molar-refractivity contribution in [3.63, 3.8) is 0 Å². The van der Waals surface area contributed by atoms with E-state index in [-0.39, 0.29) is 17.6 Å². The number of nitrogens with one attached hydrogen (secondary N) is 2. The van der Waals surface area contributed by atoms with Crippen molar-refractivity contribution in [2.24, 2.45) is 5.92 Å². The maximum Gasteiger partial charge on any atom is 0.229 e. The Morgan fingerprint density at radius 1 is 0.970 bits per heavy atom. The molecule has 1 saturated heterocycles. The molecule has 0 saturated carbocycles. The van der Waals surface area contributed by atoms with Crippen molar-refractivity contribution in [2.75, 3.05) is 18.5 Å². The number of ketones is 1. The van der Waals surface area contributed by atoms with Gasteiger partial charge in [-0.25, -0.2) is 0 Å². The Bertz CT molecular complexity index is 1340. The number of amides is 1. The van der Waals surface area contributed by atoms with E-state index in [1.807, 2.05) is 54.6 Å². The van der Waals surface area contributed by atoms with Crippen LogP contribution in [0.2, 0.25) is 0 Å². The van der Waals surface area contributed by atoms with E-state index in [0.717, 1.165) is 28.6 Å². The molecular formula is C27H23N3O3. The number of carbonyl (C=O) groups is 2. The lowest BCUT2D eigenvalue weighted by Gasteiger charge is -2.10. The number of anilines is 1. The maximum atomic E-state index is 13.1. The summed E-state index contributed by atoms with van der Waals surface area (Å²) in [7, 11) is 0. The number of nitrogens with zero attached hydrogens (tertiary/aromatic N) is 1. The fraction of sp³-hybridized carbons (Fsp3) is 0.148. The first-order chi connectivity index (χ1) is 16.2. The summed E-state index contributed by atoms with van der Waals surface area (Å²) in [5.41, 5.74) is 4.37. The minimum absolute atomic E-state index is 0.0768. The highest BCUT2D eigenvalue weighted by Gasteiger charge is 2.23. The number of aromatic amines is 1. The molecule has 0 aliphatic carbocycles. The quantitative estimate of drug-likeness (QED) is 0.419. The van der Waals surface area contributed by atoms with Crippen LogP contribution in [-0.4, -0.2) is 35.1 Å². The van der Waals surface area contributed by atoms with Crippen LogP contribution >= 0.6 is 0 Å². The molecule has 1 atom stereocenters. The topological polar surface area (TPSA) is 84.1 Å². The molecule has 1 unspecified atom stereocenters. The lowest BCUT2D eigenvalue weighted by atomic mass is 10.0. The van der Waals surface area contributed by atoms with Gasteiger partial charge in [-0.15, -0.1) is 0 Å². The molecule has 5 rings (SSSR count). The second-order valence-electron chi connectivity index (χ2n) is 8.07. The second kappa shape index (κ2) is 9.22. The molecule has 1 aliphatic rings. The molecule has 4 aromatic rings. The van der Waals surface area contributed by atoms with Gasteiger partial charge in [-0.2, -0.15) is 5.10 Å². The zero-order valence-corrected chi connectivity index (χ0v) is 18.0. The number of ether oxygens (including phenoxy) is 1. The van der Waals surface area contributed by atoms with E-state index in [9.17, 15) is 9.59 Å². The molecule has 33 heavy (non-hydrogen) atoms. The standard InChI is InChI=1S/C27H23N3O3/c31-26(19-7-4-8-22(15-19)28-27(32)21-13-14-33-17-21)20-10-11-23-24(29-30-25(23)16-20)12-9-18-5-2-1-3-6-18/h1-12,15-16,21H,13-14,17H2,(H,28,32)(H,29,30)/b12-9+. The smallest absolute Gasteiger partial charge is 0.229 e. The summed E-state index contributed by atoms with van der Waals surface area (Å²) < 4.78 is 5.28. The van der Waals surface area contributed by atoms with Gasteiger partial charge in [0.1, 0.15) is 0 Å². The molecule has 0 bridgehead atoms. The molecule has 0 radical (unpaired) electrons. The third kappa shape index (κ3) is 4.61. The molecule has 1 fully saturated rings. The van der Waals surface area contributed by atoms with Crippen LogP contribution in [0.5, 0.6) is 0 Å². The van der Waals surface area contributed by atoms with E-state index in [1.165, 1.54) is 0 Å². The number of hydrogen-bond donors (Lipinski definition) is 2. The number of benzene rings is 3. The van der Waals surface area contributed by atoms with E-state index < -0.39 is 0 Å². The summed E-state index contributed by atoms with van der Waals surface area (Å²) in [5.74, 6) is -0.336. The average Bonchev–Trinajstić information content (AvgIpc) is 3.53. The van der Waals surface area contributed by atoms with Gasteiger partial charge >= 0.3 is 0 Å². The molecule has 164 valence electrons. The van der Waals surface area contributed by atoms with Crippen molar-refractivity contribution in [3.05, 3.63) is 95.2 Å². The summed E-state index contributed by atoms with van der Waals surface area (Å²) in [6.07, 6.45) is 4.68. The highest BCUT2D eigenvalue weighted by Crippen LogP contribution is 2.23. The minimum atomic E-state index is -0.141. The molecular weight excluding hydrogens is 414 g/mol. The zero-order chi connectivity index (χ0) is 22.6. The Morgan fingerprint density at radius 2 is 1.82 bits per heavy atom. The predicted molar refractivity (Wildman–Crippen MR) is 129 cm³/mol. The van der Waals surface area contributed by atoms with Gasteiger partial charge in [-0.3, -0.25) is 14.7 Å². The first-order valence-electron chi connectivity index (χ1n) is 10.9. The van der Waals surface area contributed by atoms with Crippen molar-refractivity contribution in [3.8, 4) is 0 Å². The third-order valence-electron chi connectivity index (χ3n) is 5.78. The number of rotatable bonds is 6. The van der Waals surface area contributed by atoms with Crippen molar-refractivity contribution in [1.82, 2.24) is 10.2 Å². The van der Waals surface area contributed by atoms with Gasteiger partial charge in [-0.05, 0) is 42.3 Å². The molecule has 2 heterocycles. The lowest BCUT2D eigenvalue weighted by molar-refractivity contribution is -0.119. The monoisotopic (exact) mass is 437 g/mol. The largest absolute Gasteiger partial charge is 0.381 e. The average molecular weight is 437 g/mol. The molecule has 2 N–H and O–H groups in total. The van der Waals surface area contributed by atoms with Crippen LogP contribution in [0.25, 0.3) is 23.1 Å². The Balaban J connectivity index is 1.34. The maximum absolute atomic E-state index is 13.1. The fourth-order valence-corrected chi connectivity index (χ4v) is 3.94. The van der Waals surface area contributed by atoms with E-state index in [1.54, 1.807) is 30.3 Å². The van der Waals surface area contributed by atoms with E-state index in [4.69, 9.17) is 4.74 Å². The predicted octanol–water partition coefficient (Wildman–Crippen LogP) is 4.94. The highest BCUT2D eigenvalue weighted by atomic mass is 16.5. The van der Waals surface area contributed by atoms with Gasteiger partial charge in [0, 0.05) is 28.8 Å². The Hall–Kier alpha value is -4.03. The van der Waals surface area contributed by atoms with Crippen molar-refractivity contribution >= 4 is 40.4 Å². The third-order valence-corrected chi connectivity index (χ3v) is 5.78. The molecule has 0 spiro atoms. The summed E-state index contributed by atoms with van der Waals surface area (Å²) in [5, 5.41) is 11.2. The fourth-order valence-electron chi connectivity index (χ4n) is 3.94. The SMILES string of the molecule is O=C(c1cccc(NC(=O)C2CCOC2)c1)c1ccc2c(/C=C/c3ccccc3)n[nH]c2c1. The van der Waals surface area contributed by atoms with Gasteiger partial charge < -0.3 is 10.1 Å². The molecule has 1 aromatic heterocycles. The number of carbonyl (C=O) groups excluding carboxylic acids is 2. The molecule has 1 amide bonds. The van der Waals surface area contributed by atoms with Crippen LogP contribution in [0, 0.1) is 5.92 Å². The summed E-state index contributed by atoms with van der Waals surface area (Å²) in [6, 6.07) is 22.6. The molecule has 6 heteroatoms. The van der Waals surface area contributed by atoms with E-state index >= 15 is 0 Å². The van der Waals surface area contributed by atoms with Gasteiger partial charge in [-0.1, -0.05) is 54.6 Å². The van der Waals surface area contributed by atoms with Crippen molar-refractivity contribution < 1.29 is 14.3 Å². The van der Waals surface area contributed by atoms with Crippen LogP contribution in [0.3, 0.4) is 0 Å². The Labute approximate surface area is 191 Å². The van der Waals surface area contributed by atoms with Gasteiger partial charge in [0.15, 0.2) is 5.78 Å². The van der Waals surface area contributed by atoms with Gasteiger partial charge in [0.25, 0.3) is 0 Å². The summed E-state index contributed by atoms with van der Waals surface area (Å²) in [6.45, 7) is 1.05. The van der Waals surface area contributed by atoms with Crippen LogP contribution in [0.15, 0.2) is 72.8 Å². The highest BCUT2D eigenvalue weighted by molar-refractivity contribution is 6.11. The molecule has 1 aliphatic heterocycles. The first kappa shape index (κ1) is 20.8. The number of aromatic nitrogens is 2. The lowest BCUT2D eigenvalue weighted by Crippen LogP contribution is -2.22. The van der Waals surface area contributed by atoms with Crippen LogP contribution < -0.4 is 5.32 Å².